The van der Waals surface area contributed by atoms with E-state index in [0.29, 0.717) is 49.1 Å². The van der Waals surface area contributed by atoms with Gasteiger partial charge in [-0.25, -0.2) is 24.1 Å². The third-order valence-corrected chi connectivity index (χ3v) is 14.1. The number of ketones is 2. The van der Waals surface area contributed by atoms with Crippen LogP contribution >= 0.6 is 0 Å². The van der Waals surface area contributed by atoms with Crippen molar-refractivity contribution in [2.75, 3.05) is 13.1 Å². The highest BCUT2D eigenvalue weighted by Crippen LogP contribution is 2.50. The van der Waals surface area contributed by atoms with E-state index in [0.717, 1.165) is 47.8 Å². The summed E-state index contributed by atoms with van der Waals surface area (Å²) < 4.78 is 21.4. The number of pyridine rings is 1. The minimum absolute atomic E-state index is 0.00119. The molecule has 0 spiro atoms. The third-order valence-electron chi connectivity index (χ3n) is 14.1. The molecule has 2 bridgehead atoms. The van der Waals surface area contributed by atoms with E-state index in [-0.39, 0.29) is 104 Å². The van der Waals surface area contributed by atoms with Gasteiger partial charge in [-0.1, -0.05) is 44.5 Å². The summed E-state index contributed by atoms with van der Waals surface area (Å²) in [4.78, 5) is 107. The minimum Gasteiger partial charge on any atom is -0.461 e. The van der Waals surface area contributed by atoms with Gasteiger partial charge in [0.2, 0.25) is 5.91 Å². The molecule has 4 atom stereocenters. The highest BCUT2D eigenvalue weighted by molar-refractivity contribution is 6.12. The number of unbranched alkanes of at least 4 members (excludes halogenated alkanes) is 2. The van der Waals surface area contributed by atoms with Crippen molar-refractivity contribution >= 4 is 52.3 Å². The zero-order valence-electron chi connectivity index (χ0n) is 39.6. The molecule has 4 aliphatic rings. The number of amides is 5. The number of benzene rings is 1. The second-order valence-corrected chi connectivity index (χ2v) is 19.3. The summed E-state index contributed by atoms with van der Waals surface area (Å²) in [6, 6.07) is 7.56. The van der Waals surface area contributed by atoms with Crippen molar-refractivity contribution in [2.45, 2.75) is 117 Å². The minimum atomic E-state index is -0.897. The summed E-state index contributed by atoms with van der Waals surface area (Å²) in [6.45, 7) is 6.16. The highest BCUT2D eigenvalue weighted by Gasteiger charge is 2.48. The molecule has 1 aromatic carbocycles. The van der Waals surface area contributed by atoms with Crippen LogP contribution in [-0.4, -0.2) is 85.3 Å². The van der Waals surface area contributed by atoms with E-state index in [2.05, 4.69) is 25.6 Å². The fourth-order valence-corrected chi connectivity index (χ4v) is 10.3. The maximum Gasteiger partial charge on any atom is 0.312 e. The van der Waals surface area contributed by atoms with E-state index in [9.17, 15) is 33.6 Å². The molecule has 5 amide bonds. The molecule has 8 rings (SSSR count). The second kappa shape index (κ2) is 23.1. The molecule has 3 saturated carbocycles. The van der Waals surface area contributed by atoms with Crippen molar-refractivity contribution in [3.8, 4) is 11.4 Å². The highest BCUT2D eigenvalue weighted by atomic mass is 19.1. The average Bonchev–Trinajstić information content (AvgIpc) is 3.90. The zero-order valence-corrected chi connectivity index (χ0v) is 39.6. The quantitative estimate of drug-likeness (QED) is 0.0333. The number of halogens is 1. The Morgan fingerprint density at radius 3 is 2.35 bits per heavy atom. The van der Waals surface area contributed by atoms with E-state index in [4.69, 9.17) is 15.5 Å². The topological polar surface area (TPSA) is 236 Å². The average molecular weight is 947 g/mol. The normalized spacial score (nSPS) is 19.5. The molecule has 17 heteroatoms. The van der Waals surface area contributed by atoms with Crippen LogP contribution in [0.4, 0.5) is 9.18 Å². The molecule has 0 unspecified atom stereocenters. The number of aromatic amines is 1. The van der Waals surface area contributed by atoms with Gasteiger partial charge in [0.1, 0.15) is 18.0 Å². The number of aryl methyl sites for hydroxylation is 1. The number of ether oxygens (including phenoxy) is 1. The molecular weight excluding hydrogens is 884 g/mol. The first-order valence-corrected chi connectivity index (χ1v) is 24.3. The number of fused-ring (bicyclic) bond motifs is 4. The predicted molar refractivity (Wildman–Crippen MR) is 254 cm³/mol. The van der Waals surface area contributed by atoms with Crippen LogP contribution in [0.25, 0.3) is 22.4 Å². The molecule has 0 saturated heterocycles. The Hall–Kier alpha value is -6.65. The number of nitrogens with zero attached hydrogens (tertiary/aromatic N) is 4. The van der Waals surface area contributed by atoms with Crippen LogP contribution < -0.4 is 16.4 Å². The van der Waals surface area contributed by atoms with E-state index < -0.39 is 35.6 Å². The molecule has 4 heterocycles. The number of rotatable bonds is 24. The number of aromatic nitrogens is 4. The van der Waals surface area contributed by atoms with Crippen LogP contribution in [0.2, 0.25) is 0 Å². The number of H-pyrrole nitrogens is 1. The lowest BCUT2D eigenvalue weighted by molar-refractivity contribution is -0.160. The lowest BCUT2D eigenvalue weighted by Gasteiger charge is -2.47. The number of hydrogen-bond donors (Lipinski definition) is 4. The predicted octanol–water partition coefficient (Wildman–Crippen LogP) is 6.57. The molecular formula is C52H63FN8O8. The first-order valence-electron chi connectivity index (χ1n) is 24.3. The van der Waals surface area contributed by atoms with Gasteiger partial charge < -0.3 is 26.1 Å². The Morgan fingerprint density at radius 2 is 1.64 bits per heavy atom. The Bertz CT molecular complexity index is 2550. The number of Topliss-reactive ketones (excluding diaryl/α,β-unsaturated/α-hetero) is 2. The number of nitrogens with one attached hydrogen (secondary N) is 3. The number of imide groups is 1. The van der Waals surface area contributed by atoms with Crippen molar-refractivity contribution in [1.82, 2.24) is 35.5 Å². The van der Waals surface area contributed by atoms with Gasteiger partial charge in [0.15, 0.2) is 17.4 Å². The molecule has 366 valence electrons. The number of carbonyl (C=O) groups is 7. The van der Waals surface area contributed by atoms with Crippen molar-refractivity contribution < 1.29 is 42.7 Å². The van der Waals surface area contributed by atoms with Crippen LogP contribution in [0, 0.1) is 48.2 Å². The molecule has 4 aromatic rings. The number of nitrogens with two attached hydrogens (primary N) is 1. The summed E-state index contributed by atoms with van der Waals surface area (Å²) in [5.41, 5.74) is 9.33. The summed E-state index contributed by atoms with van der Waals surface area (Å²) in [5, 5.41) is 6.27. The molecule has 69 heavy (non-hydrogen) atoms. The summed E-state index contributed by atoms with van der Waals surface area (Å²) in [7, 11) is 0. The standard InChI is InChI=1S/C52H63FN8O8/c1-30(2)37(24-36(62)8-5-4-6-21-61-45(64)18-19-46(61)65)50(66)60-42(9-7-20-55-52(54)68)44(63)23-32-10-12-33(13-11-32)29-69-51(67)47-35-16-14-34(15-17-35)38(47)25-43-41(53)28-58-49(59-43)40-27-57-48-39(40)22-31(3)26-56-48/h10-13,18-19,22,26-28,30,34-35,37-38,42,47H,4-9,14-17,20-21,23-25,29H2,1-3H3,(H,56,57)(H,60,66)(H3,54,55,68)/t34?,35?,37-,38-,42-,47-/m0/s1. The maximum absolute atomic E-state index is 15.4. The molecule has 5 N–H and O–H groups in total. The number of hydrogen-bond acceptors (Lipinski definition) is 11. The first-order chi connectivity index (χ1) is 33.1. The van der Waals surface area contributed by atoms with Gasteiger partial charge in [-0.15, -0.1) is 0 Å². The van der Waals surface area contributed by atoms with E-state index in [1.807, 2.05) is 26.8 Å². The Balaban J connectivity index is 0.931. The van der Waals surface area contributed by atoms with Gasteiger partial charge in [-0.2, -0.15) is 0 Å². The lowest BCUT2D eigenvalue weighted by atomic mass is 9.57. The monoisotopic (exact) mass is 946 g/mol. The van der Waals surface area contributed by atoms with Gasteiger partial charge in [0.25, 0.3) is 11.8 Å². The third kappa shape index (κ3) is 12.9. The Kier molecular flexibility index (Phi) is 16.8. The lowest BCUT2D eigenvalue weighted by Crippen LogP contribution is -2.46. The Morgan fingerprint density at radius 1 is 0.928 bits per heavy atom. The Labute approximate surface area is 401 Å². The fraction of sp³-hybridized carbons (Fsp3) is 0.500. The van der Waals surface area contributed by atoms with Crippen molar-refractivity contribution in [1.29, 1.82) is 0 Å². The zero-order chi connectivity index (χ0) is 49.2. The van der Waals surface area contributed by atoms with Gasteiger partial charge in [0.05, 0.1) is 23.9 Å². The molecule has 16 nitrogen and oxygen atoms in total. The van der Waals surface area contributed by atoms with Crippen LogP contribution in [-0.2, 0) is 53.0 Å². The summed E-state index contributed by atoms with van der Waals surface area (Å²) in [5.74, 6) is -2.89. The van der Waals surface area contributed by atoms with Crippen LogP contribution in [0.3, 0.4) is 0 Å². The van der Waals surface area contributed by atoms with Crippen molar-refractivity contribution in [3.63, 3.8) is 0 Å². The summed E-state index contributed by atoms with van der Waals surface area (Å²) >= 11 is 0. The van der Waals surface area contributed by atoms with Crippen molar-refractivity contribution in [2.24, 2.45) is 41.2 Å². The summed E-state index contributed by atoms with van der Waals surface area (Å²) in [6.07, 6.45) is 13.9. The molecule has 3 aliphatic carbocycles. The van der Waals surface area contributed by atoms with Gasteiger partial charge in [-0.3, -0.25) is 33.7 Å². The van der Waals surface area contributed by atoms with Gasteiger partial charge >= 0.3 is 12.0 Å². The fourth-order valence-electron chi connectivity index (χ4n) is 10.3. The van der Waals surface area contributed by atoms with Gasteiger partial charge in [0, 0.05) is 73.8 Å². The molecule has 1 aliphatic heterocycles. The largest absolute Gasteiger partial charge is 0.461 e. The van der Waals surface area contributed by atoms with E-state index in [1.165, 1.54) is 23.2 Å². The van der Waals surface area contributed by atoms with E-state index >= 15 is 4.39 Å². The van der Waals surface area contributed by atoms with Gasteiger partial charge in [-0.05, 0) is 111 Å². The molecule has 0 radical (unpaired) electrons. The van der Waals surface area contributed by atoms with Crippen LogP contribution in [0.5, 0.6) is 0 Å². The smallest absolute Gasteiger partial charge is 0.312 e. The van der Waals surface area contributed by atoms with Crippen LogP contribution in [0.1, 0.15) is 107 Å². The molecule has 3 aromatic heterocycles. The second-order valence-electron chi connectivity index (χ2n) is 19.3. The van der Waals surface area contributed by atoms with E-state index in [1.54, 1.807) is 36.7 Å². The SMILES string of the molecule is Cc1cnc2[nH]cc(-c3ncc(F)c(C[C@H]4C5CCC(CC5)[C@@H]4C(=O)OCc4ccc(CC(=O)[C@H](CCCNC(N)=O)NC(=O)[C@@H](CC(=O)CCCCCN5C(=O)C=CC5=O)C(C)C)cc4)n3)c2c1. The first kappa shape index (κ1) is 50.2. The molecule has 3 fully saturated rings. The van der Waals surface area contributed by atoms with Crippen LogP contribution in [0.15, 0.2) is 61.1 Å². The van der Waals surface area contributed by atoms with Crippen molar-refractivity contribution in [3.05, 3.63) is 89.3 Å². The number of esters is 1. The number of carbonyl (C=O) groups excluding carboxylic acids is 7. The maximum atomic E-state index is 15.4. The number of primary amides is 1. The number of urea groups is 1.